The van der Waals surface area contributed by atoms with Crippen LogP contribution in [0.5, 0.6) is 5.75 Å². The molecule has 2 saturated carbocycles. The van der Waals surface area contributed by atoms with E-state index in [9.17, 15) is 13.6 Å². The van der Waals surface area contributed by atoms with Gasteiger partial charge in [0, 0.05) is 18.5 Å². The van der Waals surface area contributed by atoms with E-state index < -0.39 is 11.6 Å². The molecule has 0 spiro atoms. The third-order valence-corrected chi connectivity index (χ3v) is 6.02. The molecule has 2 aliphatic carbocycles. The summed E-state index contributed by atoms with van der Waals surface area (Å²) in [7, 11) is 0. The topological polar surface area (TPSA) is 47.6 Å². The SMILES string of the molecule is CC(=O)N[C@@H](C)CC[C@H]1CC[C@H](OCc2ccc(OCC3CC3)c(F)c2F)CC1. The Morgan fingerprint density at radius 1 is 1.10 bits per heavy atom. The normalized spacial score (nSPS) is 22.9. The van der Waals surface area contributed by atoms with Crippen molar-refractivity contribution in [2.45, 2.75) is 84.0 Å². The molecule has 1 N–H and O–H groups in total. The van der Waals surface area contributed by atoms with Crippen LogP contribution in [0.25, 0.3) is 0 Å². The molecule has 0 heterocycles. The summed E-state index contributed by atoms with van der Waals surface area (Å²) >= 11 is 0. The number of hydrogen-bond donors (Lipinski definition) is 1. The molecule has 6 heteroatoms. The molecule has 0 aromatic heterocycles. The number of amides is 1. The average Bonchev–Trinajstić information content (AvgIpc) is 3.51. The van der Waals surface area contributed by atoms with Crippen molar-refractivity contribution in [2.24, 2.45) is 11.8 Å². The minimum absolute atomic E-state index is 0.00727. The van der Waals surface area contributed by atoms with Crippen molar-refractivity contribution in [3.8, 4) is 5.75 Å². The van der Waals surface area contributed by atoms with E-state index >= 15 is 0 Å². The van der Waals surface area contributed by atoms with E-state index in [2.05, 4.69) is 5.32 Å². The molecule has 1 aromatic carbocycles. The molecule has 0 aliphatic heterocycles. The first-order valence-electron chi connectivity index (χ1n) is 10.9. The zero-order chi connectivity index (χ0) is 20.8. The molecule has 1 atom stereocenters. The lowest BCUT2D eigenvalue weighted by atomic mass is 9.84. The molecule has 1 amide bonds. The Bertz CT molecular complexity index is 685. The molecule has 0 radical (unpaired) electrons. The second-order valence-corrected chi connectivity index (χ2v) is 8.74. The lowest BCUT2D eigenvalue weighted by Crippen LogP contribution is -2.31. The lowest BCUT2D eigenvalue weighted by molar-refractivity contribution is -0.119. The standard InChI is InChI=1S/C23H33F2NO3/c1-15(26-16(2)27)3-4-17-7-10-20(11-8-17)28-14-19-9-12-21(23(25)22(19)24)29-13-18-5-6-18/h9,12,15,17-18,20H,3-8,10-11,13-14H2,1-2H3,(H,26,27)/t15-,17-,20-/m0/s1. The van der Waals surface area contributed by atoms with Crippen molar-refractivity contribution >= 4 is 5.91 Å². The van der Waals surface area contributed by atoms with Crippen molar-refractivity contribution in [1.82, 2.24) is 5.32 Å². The second-order valence-electron chi connectivity index (χ2n) is 8.74. The van der Waals surface area contributed by atoms with E-state index in [-0.39, 0.29) is 36.0 Å². The van der Waals surface area contributed by atoms with Crippen LogP contribution in [-0.2, 0) is 16.1 Å². The zero-order valence-corrected chi connectivity index (χ0v) is 17.5. The Labute approximate surface area is 172 Å². The summed E-state index contributed by atoms with van der Waals surface area (Å²) in [5.74, 6) is -0.636. The molecule has 29 heavy (non-hydrogen) atoms. The first kappa shape index (κ1) is 22.0. The summed E-state index contributed by atoms with van der Waals surface area (Å²) in [6, 6.07) is 3.28. The summed E-state index contributed by atoms with van der Waals surface area (Å²) in [4.78, 5) is 11.1. The van der Waals surface area contributed by atoms with Crippen LogP contribution in [0.1, 0.15) is 70.8 Å². The highest BCUT2D eigenvalue weighted by Crippen LogP contribution is 2.32. The average molecular weight is 410 g/mol. The summed E-state index contributed by atoms with van der Waals surface area (Å²) in [6.07, 6.45) is 8.39. The fourth-order valence-electron chi connectivity index (χ4n) is 3.99. The monoisotopic (exact) mass is 409 g/mol. The fourth-order valence-corrected chi connectivity index (χ4v) is 3.99. The quantitative estimate of drug-likeness (QED) is 0.582. The maximum absolute atomic E-state index is 14.3. The minimum atomic E-state index is -0.913. The van der Waals surface area contributed by atoms with Crippen molar-refractivity contribution in [2.75, 3.05) is 6.61 Å². The largest absolute Gasteiger partial charge is 0.490 e. The number of ether oxygens (including phenoxy) is 2. The smallest absolute Gasteiger partial charge is 0.217 e. The molecule has 2 aliphatic rings. The Morgan fingerprint density at radius 2 is 1.79 bits per heavy atom. The van der Waals surface area contributed by atoms with E-state index in [1.165, 1.54) is 6.07 Å². The third-order valence-electron chi connectivity index (χ3n) is 6.02. The Hall–Kier alpha value is -1.69. The second kappa shape index (κ2) is 10.4. The third kappa shape index (κ3) is 6.95. The highest BCUT2D eigenvalue weighted by molar-refractivity contribution is 5.73. The zero-order valence-electron chi connectivity index (χ0n) is 17.5. The van der Waals surface area contributed by atoms with Gasteiger partial charge in [-0.05, 0) is 82.3 Å². The van der Waals surface area contributed by atoms with E-state index in [4.69, 9.17) is 9.47 Å². The van der Waals surface area contributed by atoms with Gasteiger partial charge in [-0.2, -0.15) is 4.39 Å². The Morgan fingerprint density at radius 3 is 2.45 bits per heavy atom. The van der Waals surface area contributed by atoms with E-state index in [0.29, 0.717) is 18.4 Å². The molecule has 162 valence electrons. The first-order valence-corrected chi connectivity index (χ1v) is 10.9. The highest BCUT2D eigenvalue weighted by atomic mass is 19.2. The van der Waals surface area contributed by atoms with Crippen LogP contribution >= 0.6 is 0 Å². The van der Waals surface area contributed by atoms with Crippen LogP contribution in [0.3, 0.4) is 0 Å². The van der Waals surface area contributed by atoms with Gasteiger partial charge in [0.25, 0.3) is 0 Å². The van der Waals surface area contributed by atoms with Crippen molar-refractivity contribution in [1.29, 1.82) is 0 Å². The number of halogens is 2. The van der Waals surface area contributed by atoms with Gasteiger partial charge >= 0.3 is 0 Å². The summed E-state index contributed by atoms with van der Waals surface area (Å²) in [6.45, 7) is 4.12. The minimum Gasteiger partial charge on any atom is -0.490 e. The molecule has 0 saturated heterocycles. The van der Waals surface area contributed by atoms with Crippen LogP contribution < -0.4 is 10.1 Å². The van der Waals surface area contributed by atoms with Crippen molar-refractivity contribution < 1.29 is 23.0 Å². The van der Waals surface area contributed by atoms with Gasteiger partial charge in [0.1, 0.15) is 0 Å². The predicted molar refractivity (Wildman–Crippen MR) is 108 cm³/mol. The maximum atomic E-state index is 14.3. The van der Waals surface area contributed by atoms with E-state index in [1.807, 2.05) is 6.92 Å². The summed E-state index contributed by atoms with van der Waals surface area (Å²) < 4.78 is 39.8. The predicted octanol–water partition coefficient (Wildman–Crippen LogP) is 5.13. The van der Waals surface area contributed by atoms with Crippen LogP contribution in [-0.4, -0.2) is 24.7 Å². The summed E-state index contributed by atoms with van der Waals surface area (Å²) in [5.41, 5.74) is 0.243. The Kier molecular flexibility index (Phi) is 7.87. The number of carbonyl (C=O) groups excluding carboxylic acids is 1. The van der Waals surface area contributed by atoms with Crippen LogP contribution in [0.15, 0.2) is 12.1 Å². The van der Waals surface area contributed by atoms with Gasteiger partial charge in [-0.3, -0.25) is 4.79 Å². The van der Waals surface area contributed by atoms with Crippen molar-refractivity contribution in [3.63, 3.8) is 0 Å². The van der Waals surface area contributed by atoms with Crippen LogP contribution in [0.4, 0.5) is 8.78 Å². The fraction of sp³-hybridized carbons (Fsp3) is 0.696. The van der Waals surface area contributed by atoms with Gasteiger partial charge in [-0.15, -0.1) is 0 Å². The maximum Gasteiger partial charge on any atom is 0.217 e. The highest BCUT2D eigenvalue weighted by Gasteiger charge is 2.25. The Balaban J connectivity index is 1.38. The number of benzene rings is 1. The van der Waals surface area contributed by atoms with Gasteiger partial charge in [0.2, 0.25) is 11.7 Å². The number of nitrogens with one attached hydrogen (secondary N) is 1. The molecule has 0 bridgehead atoms. The summed E-state index contributed by atoms with van der Waals surface area (Å²) in [5, 5.41) is 2.92. The molecule has 3 rings (SSSR count). The first-order chi connectivity index (χ1) is 13.9. The molecular weight excluding hydrogens is 376 g/mol. The lowest BCUT2D eigenvalue weighted by Gasteiger charge is -2.29. The van der Waals surface area contributed by atoms with Gasteiger partial charge in [-0.1, -0.05) is 0 Å². The van der Waals surface area contributed by atoms with Crippen molar-refractivity contribution in [3.05, 3.63) is 29.3 Å². The number of hydrogen-bond acceptors (Lipinski definition) is 3. The molecule has 2 fully saturated rings. The van der Waals surface area contributed by atoms with E-state index in [1.54, 1.807) is 13.0 Å². The molecule has 0 unspecified atom stereocenters. The number of rotatable bonds is 10. The number of carbonyl (C=O) groups is 1. The molecule has 4 nitrogen and oxygen atoms in total. The molecule has 1 aromatic rings. The van der Waals surface area contributed by atoms with Gasteiger partial charge < -0.3 is 14.8 Å². The van der Waals surface area contributed by atoms with Gasteiger partial charge in [-0.25, -0.2) is 4.39 Å². The van der Waals surface area contributed by atoms with E-state index in [0.717, 1.165) is 51.4 Å². The molecular formula is C23H33F2NO3. The van der Waals surface area contributed by atoms with Gasteiger partial charge in [0.15, 0.2) is 11.6 Å². The van der Waals surface area contributed by atoms with Crippen LogP contribution in [0.2, 0.25) is 0 Å². The van der Waals surface area contributed by atoms with Crippen LogP contribution in [0, 0.1) is 23.5 Å². The van der Waals surface area contributed by atoms with Gasteiger partial charge in [0.05, 0.1) is 19.3 Å².